The molecule has 1 heterocycles. The van der Waals surface area contributed by atoms with Crippen LogP contribution >= 0.6 is 0 Å². The molecule has 3 N–H and O–H groups in total. The highest BCUT2D eigenvalue weighted by Crippen LogP contribution is 2.21. The highest BCUT2D eigenvalue weighted by Gasteiger charge is 2.25. The van der Waals surface area contributed by atoms with E-state index in [4.69, 9.17) is 19.9 Å². The van der Waals surface area contributed by atoms with Gasteiger partial charge >= 0.3 is 5.69 Å². The van der Waals surface area contributed by atoms with Crippen molar-refractivity contribution in [3.05, 3.63) is 81.0 Å². The lowest BCUT2D eigenvalue weighted by Crippen LogP contribution is -2.42. The Labute approximate surface area is 190 Å². The molecule has 1 amide bonds. The highest BCUT2D eigenvalue weighted by atomic mass is 16.5. The van der Waals surface area contributed by atoms with Crippen molar-refractivity contribution < 1.29 is 19.0 Å². The first-order valence-corrected chi connectivity index (χ1v) is 10.2. The molecule has 0 saturated heterocycles. The first-order chi connectivity index (χ1) is 15.9. The van der Waals surface area contributed by atoms with E-state index in [1.807, 2.05) is 30.3 Å². The van der Waals surface area contributed by atoms with Crippen LogP contribution in [0.1, 0.15) is 5.56 Å². The van der Waals surface area contributed by atoms with E-state index >= 15 is 0 Å². The molecular weight excluding hydrogens is 428 g/mol. The van der Waals surface area contributed by atoms with Crippen molar-refractivity contribution in [3.8, 4) is 11.5 Å². The maximum Gasteiger partial charge on any atom is 0.330 e. The Balaban J connectivity index is 1.94. The maximum absolute atomic E-state index is 13.2. The molecular formula is C23H26N4O6. The van der Waals surface area contributed by atoms with Gasteiger partial charge in [-0.3, -0.25) is 24.0 Å². The Kier molecular flexibility index (Phi) is 7.87. The fourth-order valence-corrected chi connectivity index (χ4v) is 3.20. The van der Waals surface area contributed by atoms with Crippen LogP contribution in [0.5, 0.6) is 11.5 Å². The van der Waals surface area contributed by atoms with Gasteiger partial charge < -0.3 is 19.9 Å². The Morgan fingerprint density at radius 2 is 1.70 bits per heavy atom. The second-order valence-electron chi connectivity index (χ2n) is 7.07. The number of hydrogen-bond acceptors (Lipinski definition) is 7. The van der Waals surface area contributed by atoms with Crippen LogP contribution in [0.25, 0.3) is 0 Å². The number of aromatic nitrogens is 2. The van der Waals surface area contributed by atoms with Crippen LogP contribution in [-0.4, -0.2) is 42.9 Å². The third-order valence-corrected chi connectivity index (χ3v) is 4.91. The third kappa shape index (κ3) is 5.80. The average Bonchev–Trinajstić information content (AvgIpc) is 2.82. The van der Waals surface area contributed by atoms with Gasteiger partial charge in [0.15, 0.2) is 12.3 Å². The number of benzene rings is 2. The lowest BCUT2D eigenvalue weighted by molar-refractivity contribution is -0.120. The molecule has 2 aromatic carbocycles. The molecule has 0 bridgehead atoms. The zero-order valence-corrected chi connectivity index (χ0v) is 18.4. The SMILES string of the molecule is COCCn1c(N)c(N(Cc2ccccc2)C(=O)COc2ccc(OC)cc2)c(=O)[nH]c1=O. The minimum absolute atomic E-state index is 0.0570. The molecule has 10 nitrogen and oxygen atoms in total. The molecule has 0 spiro atoms. The van der Waals surface area contributed by atoms with E-state index in [-0.39, 0.29) is 37.8 Å². The molecule has 1 aromatic heterocycles. The number of aromatic amines is 1. The molecule has 0 unspecified atom stereocenters. The monoisotopic (exact) mass is 454 g/mol. The van der Waals surface area contributed by atoms with Gasteiger partial charge in [-0.1, -0.05) is 30.3 Å². The third-order valence-electron chi connectivity index (χ3n) is 4.91. The number of H-pyrrole nitrogens is 1. The van der Waals surface area contributed by atoms with Crippen LogP contribution in [0.3, 0.4) is 0 Å². The van der Waals surface area contributed by atoms with E-state index in [2.05, 4.69) is 4.98 Å². The summed E-state index contributed by atoms with van der Waals surface area (Å²) in [6.45, 7) is 0.0140. The summed E-state index contributed by atoms with van der Waals surface area (Å²) in [5.74, 6) is 0.464. The van der Waals surface area contributed by atoms with Crippen molar-refractivity contribution in [2.75, 3.05) is 38.1 Å². The minimum Gasteiger partial charge on any atom is -0.497 e. The van der Waals surface area contributed by atoms with E-state index in [1.165, 1.54) is 12.0 Å². The van der Waals surface area contributed by atoms with Crippen LogP contribution in [0.2, 0.25) is 0 Å². The fraction of sp³-hybridized carbons (Fsp3) is 0.261. The summed E-state index contributed by atoms with van der Waals surface area (Å²) >= 11 is 0. The maximum atomic E-state index is 13.2. The van der Waals surface area contributed by atoms with Gasteiger partial charge in [0.05, 0.1) is 26.8 Å². The lowest BCUT2D eigenvalue weighted by Gasteiger charge is -2.24. The number of carbonyl (C=O) groups is 1. The van der Waals surface area contributed by atoms with Crippen LogP contribution in [-0.2, 0) is 22.6 Å². The molecule has 174 valence electrons. The number of rotatable bonds is 10. The summed E-state index contributed by atoms with van der Waals surface area (Å²) in [4.78, 5) is 41.7. The number of nitrogens with two attached hydrogens (primary N) is 1. The summed E-state index contributed by atoms with van der Waals surface area (Å²) in [6.07, 6.45) is 0. The summed E-state index contributed by atoms with van der Waals surface area (Å²) in [5.41, 5.74) is 5.39. The van der Waals surface area contributed by atoms with Crippen molar-refractivity contribution in [3.63, 3.8) is 0 Å². The Morgan fingerprint density at radius 1 is 1.03 bits per heavy atom. The first kappa shape index (κ1) is 23.6. The first-order valence-electron chi connectivity index (χ1n) is 10.2. The van der Waals surface area contributed by atoms with Gasteiger partial charge in [-0.15, -0.1) is 0 Å². The van der Waals surface area contributed by atoms with E-state index in [0.29, 0.717) is 11.5 Å². The summed E-state index contributed by atoms with van der Waals surface area (Å²) < 4.78 is 16.9. The number of nitrogens with zero attached hydrogens (tertiary/aromatic N) is 2. The van der Waals surface area contributed by atoms with Gasteiger partial charge in [0, 0.05) is 7.11 Å². The minimum atomic E-state index is -0.764. The zero-order valence-electron chi connectivity index (χ0n) is 18.4. The quantitative estimate of drug-likeness (QED) is 0.474. The second kappa shape index (κ2) is 11.0. The van der Waals surface area contributed by atoms with Crippen molar-refractivity contribution in [2.45, 2.75) is 13.1 Å². The number of nitrogens with one attached hydrogen (secondary N) is 1. The molecule has 0 aliphatic heterocycles. The van der Waals surface area contributed by atoms with Crippen LogP contribution in [0, 0.1) is 0 Å². The van der Waals surface area contributed by atoms with Gasteiger partial charge in [-0.2, -0.15) is 0 Å². The molecule has 0 radical (unpaired) electrons. The van der Waals surface area contributed by atoms with Gasteiger partial charge in [0.1, 0.15) is 17.3 Å². The number of anilines is 2. The van der Waals surface area contributed by atoms with Gasteiger partial charge in [0.2, 0.25) is 0 Å². The average molecular weight is 454 g/mol. The van der Waals surface area contributed by atoms with Crippen LogP contribution < -0.4 is 31.4 Å². The Hall–Kier alpha value is -4.05. The van der Waals surface area contributed by atoms with Crippen molar-refractivity contribution in [2.24, 2.45) is 0 Å². The summed E-state index contributed by atoms with van der Waals surface area (Å²) in [7, 11) is 3.03. The van der Waals surface area contributed by atoms with Crippen molar-refractivity contribution in [1.29, 1.82) is 0 Å². The van der Waals surface area contributed by atoms with Gasteiger partial charge in [-0.05, 0) is 29.8 Å². The molecule has 3 rings (SSSR count). The Morgan fingerprint density at radius 3 is 2.33 bits per heavy atom. The summed E-state index contributed by atoms with van der Waals surface area (Å²) in [5, 5.41) is 0. The van der Waals surface area contributed by atoms with E-state index < -0.39 is 17.2 Å². The van der Waals surface area contributed by atoms with Crippen molar-refractivity contribution in [1.82, 2.24) is 9.55 Å². The van der Waals surface area contributed by atoms with Crippen molar-refractivity contribution >= 4 is 17.4 Å². The topological polar surface area (TPSA) is 129 Å². The number of amides is 1. The molecule has 33 heavy (non-hydrogen) atoms. The number of carbonyl (C=O) groups excluding carboxylic acids is 1. The number of methoxy groups -OCH3 is 2. The second-order valence-corrected chi connectivity index (χ2v) is 7.07. The van der Waals surface area contributed by atoms with E-state index in [0.717, 1.165) is 10.1 Å². The molecule has 3 aromatic rings. The fourth-order valence-electron chi connectivity index (χ4n) is 3.20. The predicted molar refractivity (Wildman–Crippen MR) is 124 cm³/mol. The number of nitrogen functional groups attached to an aromatic ring is 1. The molecule has 0 aliphatic carbocycles. The number of ether oxygens (including phenoxy) is 3. The number of hydrogen-bond donors (Lipinski definition) is 2. The van der Waals surface area contributed by atoms with Gasteiger partial charge in [0.25, 0.3) is 11.5 Å². The molecule has 10 heteroatoms. The smallest absolute Gasteiger partial charge is 0.330 e. The predicted octanol–water partition coefficient (Wildman–Crippen LogP) is 1.39. The molecule has 0 aliphatic rings. The van der Waals surface area contributed by atoms with Crippen LogP contribution in [0.4, 0.5) is 11.5 Å². The zero-order chi connectivity index (χ0) is 23.8. The lowest BCUT2D eigenvalue weighted by atomic mass is 10.2. The van der Waals surface area contributed by atoms with Gasteiger partial charge in [-0.25, -0.2) is 4.79 Å². The molecule has 0 atom stereocenters. The van der Waals surface area contributed by atoms with Crippen LogP contribution in [0.15, 0.2) is 64.2 Å². The standard InChI is InChI=1S/C23H26N4O6/c1-31-13-12-26-21(24)20(22(29)25-23(26)30)27(14-16-6-4-3-5-7-16)19(28)15-33-18-10-8-17(32-2)9-11-18/h3-11H,12-15,24H2,1-2H3,(H,25,29,30). The van der Waals surface area contributed by atoms with E-state index in [1.54, 1.807) is 31.4 Å². The largest absolute Gasteiger partial charge is 0.497 e. The molecule has 0 fully saturated rings. The normalized spacial score (nSPS) is 10.6. The van der Waals surface area contributed by atoms with E-state index in [9.17, 15) is 14.4 Å². The Bertz CT molecular complexity index is 1190. The summed E-state index contributed by atoms with van der Waals surface area (Å²) in [6, 6.07) is 15.9. The highest BCUT2D eigenvalue weighted by molar-refractivity contribution is 5.96. The molecule has 0 saturated carbocycles.